The van der Waals surface area contributed by atoms with Gasteiger partial charge in [-0.2, -0.15) is 6.42 Å². The van der Waals surface area contributed by atoms with E-state index in [0.717, 1.165) is 171 Å². The fourth-order valence-electron chi connectivity index (χ4n) is 30.2. The molecule has 5 aromatic rings. The first-order chi connectivity index (χ1) is 60.0. The number of hydrogen-bond acceptors (Lipinski definition) is 11. The Morgan fingerprint density at radius 3 is 1.14 bits per heavy atom. The first kappa shape index (κ1) is 105. The summed E-state index contributed by atoms with van der Waals surface area (Å²) in [5.41, 5.74) is 7.78. The average Bonchev–Trinajstić information content (AvgIpc) is 1.39. The molecule has 700 valence electrons. The van der Waals surface area contributed by atoms with Gasteiger partial charge in [-0.25, -0.2) is 16.8 Å². The van der Waals surface area contributed by atoms with Gasteiger partial charge in [-0.3, -0.25) is 0 Å². The second-order valence-corrected chi connectivity index (χ2v) is 48.5. The van der Waals surface area contributed by atoms with Crippen LogP contribution in [-0.4, -0.2) is 112 Å². The molecule has 1 aliphatic heterocycles. The summed E-state index contributed by atoms with van der Waals surface area (Å²) in [5, 5.41) is 61.6. The smallest absolute Gasteiger partial charge is 1.00 e. The predicted molar refractivity (Wildman–Crippen MR) is 523 cm³/mol. The molecule has 13 aliphatic rings. The minimum absolute atomic E-state index is 0. The SMILES string of the molecule is CC[C@]1(O)CC[C@@]2(C)C(=CC[C@H]3[C@@H]4CC[C@H]([C@H](C)C(C[C@@H](O)c5ccccc5)S(=O)(=O)c5ccccc5)[C@@]4(C)CC[C@@H]32)C1.CC[C@]1(O)CC[C@@]2(C)C(=CC[C@H]3[C@@H]4CC[C@H]([C@H](C)CC[C@@H](O)c5ccccc5)[C@@]4(C)CC[C@@H]32)C1.CC[C@]1(O)CC[C@@]2(C)C(=CC[C@H]3[C@@H]4CC[C@H]([C@H](C)CS(=O)(=O)c5ccccc5)[C@@]4(C)CC[C@@H]32)C1.CO.[CH2-]CCC.[H-].[H-].[Li+].[Mg+2].c1ccc([C@H]2CO2)cc1. The molecule has 0 bridgehead atoms. The van der Waals surface area contributed by atoms with Gasteiger partial charge in [-0.05, 0) is 355 Å². The van der Waals surface area contributed by atoms with Gasteiger partial charge in [0.15, 0.2) is 19.7 Å². The van der Waals surface area contributed by atoms with E-state index in [-0.39, 0.29) is 96.5 Å². The largest absolute Gasteiger partial charge is 2.00 e. The molecule has 0 aromatic heterocycles. The molecule has 0 spiro atoms. The Bertz CT molecular complexity index is 4700. The van der Waals surface area contributed by atoms with E-state index in [0.29, 0.717) is 80.0 Å². The minimum Gasteiger partial charge on any atom is -1.00 e. The van der Waals surface area contributed by atoms with Crippen molar-refractivity contribution >= 4 is 42.7 Å². The van der Waals surface area contributed by atoms with Crippen LogP contribution in [0.15, 0.2) is 196 Å². The second kappa shape index (κ2) is 43.3. The number of aliphatic hydroxyl groups is 6. The second-order valence-electron chi connectivity index (χ2n) is 44.3. The molecule has 1 heterocycles. The number of unbranched alkanes of at least 4 members (excludes halogenated alkanes) is 1. The van der Waals surface area contributed by atoms with E-state index in [1.54, 1.807) is 42.0 Å². The Morgan fingerprint density at radius 2 is 0.773 bits per heavy atom. The summed E-state index contributed by atoms with van der Waals surface area (Å²) >= 11 is 0. The van der Waals surface area contributed by atoms with Crippen LogP contribution in [0.4, 0.5) is 0 Å². The number of hydrogen-bond donors (Lipinski definition) is 6. The van der Waals surface area contributed by atoms with Gasteiger partial charge in [-0.15, -0.1) is 0 Å². The van der Waals surface area contributed by atoms with Crippen molar-refractivity contribution in [1.29, 1.82) is 0 Å². The quantitative estimate of drug-likeness (QED) is 0.0177. The van der Waals surface area contributed by atoms with Crippen LogP contribution in [0.2, 0.25) is 0 Å². The molecule has 0 amide bonds. The standard InChI is InChI=1S/C38H52O4S.C32H48O2.C30H44O3S.C8H8O.C4H9.CH4O.Li.Mg.2H/c1-5-38(40)23-22-36(3)28(25-38)16-17-30-32-19-18-31(37(32,4)21-20-33(30)36)26(2)35(24-34(39)27-12-8-6-9-13-27)43(41,42)29-14-10-7-11-15-29;1-5-32(34)20-19-30(3)24(21-32)12-13-25-27-15-14-26(31(27,4)18-17-28(25)30)22(2)11-16-29(33)23-9-7-6-8-10-23;1-5-30(31)18-17-28(3)22(19-30)11-12-24-26-14-13-25(29(26,4)16-15-27(24)28)21(2)20-34(32,33)23-9-7-6-8-10-23;1-2-4-7(5-3-1)8-6-9-8;1-3-4-2;1-2;;;;/h6-16,26,30-35,39-40H,5,17-25H2,1-4H3;6-10,12,22,25-29,33-34H,5,11,13-21H2,1-4H3;6-11,21,24-27,31H,5,12-20H2,1-4H3;1-5,8H,6H2;1,3-4H2,2H3;2H,1H3;;;;/q;;;;-1;;+1;+2;2*-1/t26-,30-,31+,32-,33-,34+,35?,36-,37+,38-;22-,25+,26-,27+,28+,29-,30+,31-,32+;21-,24+,25-,26+,27+,28+,29-,30+;8-;;;;;;/m0111....../s1. The third kappa shape index (κ3) is 21.5. The van der Waals surface area contributed by atoms with Gasteiger partial charge in [0.1, 0.15) is 6.10 Å². The summed E-state index contributed by atoms with van der Waals surface area (Å²) in [4.78, 5) is 0.824. The topological polar surface area (TPSA) is 202 Å². The van der Waals surface area contributed by atoms with Gasteiger partial charge < -0.3 is 45.2 Å². The molecular weight excluding hydrogens is 1630 g/mol. The Kier molecular flexibility index (Phi) is 35.5. The maximum Gasteiger partial charge on any atom is 2.00 e. The average molecular weight is 1800 g/mol. The van der Waals surface area contributed by atoms with Crippen molar-refractivity contribution in [2.75, 3.05) is 19.5 Å². The molecule has 15 heteroatoms. The number of epoxide rings is 1. The van der Waals surface area contributed by atoms with Gasteiger partial charge in [0.2, 0.25) is 0 Å². The maximum atomic E-state index is 14.3. The zero-order valence-corrected chi connectivity index (χ0v) is 84.7. The summed E-state index contributed by atoms with van der Waals surface area (Å²) in [6.45, 7) is 35.0. The summed E-state index contributed by atoms with van der Waals surface area (Å²) < 4.78 is 60.0. The van der Waals surface area contributed by atoms with Gasteiger partial charge in [0.05, 0.1) is 56.4 Å². The summed E-state index contributed by atoms with van der Waals surface area (Å²) in [6.07, 6.45) is 41.0. The van der Waals surface area contributed by atoms with Crippen molar-refractivity contribution in [3.05, 3.63) is 210 Å². The molecule has 11 nitrogen and oxygen atoms in total. The Balaban J connectivity index is 0.000000201. The van der Waals surface area contributed by atoms with E-state index in [1.165, 1.54) is 93.8 Å². The van der Waals surface area contributed by atoms with Crippen molar-refractivity contribution in [2.24, 2.45) is 121 Å². The molecular formula is C113H167LiMgO11S2. The molecule has 12 aliphatic carbocycles. The first-order valence-electron chi connectivity index (χ1n) is 50.2. The van der Waals surface area contributed by atoms with Crippen LogP contribution in [0, 0.1) is 128 Å². The number of rotatable bonds is 21. The molecule has 1 unspecified atom stereocenters. The van der Waals surface area contributed by atoms with Crippen LogP contribution >= 0.6 is 0 Å². The molecule has 1 saturated heterocycles. The number of fused-ring (bicyclic) bond motifs is 15. The van der Waals surface area contributed by atoms with Crippen molar-refractivity contribution in [2.45, 2.75) is 346 Å². The molecule has 10 fully saturated rings. The zero-order valence-electron chi connectivity index (χ0n) is 83.6. The maximum absolute atomic E-state index is 14.3. The molecule has 0 radical (unpaired) electrons. The van der Waals surface area contributed by atoms with Crippen LogP contribution in [0.25, 0.3) is 0 Å². The van der Waals surface area contributed by atoms with Crippen LogP contribution in [-0.2, 0) is 24.4 Å². The summed E-state index contributed by atoms with van der Waals surface area (Å²) in [7, 11) is -5.92. The molecule has 5 aromatic carbocycles. The Labute approximate surface area is 807 Å². The van der Waals surface area contributed by atoms with Crippen LogP contribution < -0.4 is 18.9 Å². The molecule has 6 N–H and O–H groups in total. The van der Waals surface area contributed by atoms with Gasteiger partial charge in [0, 0.05) is 7.11 Å². The van der Waals surface area contributed by atoms with E-state index in [1.807, 2.05) is 91.0 Å². The van der Waals surface area contributed by atoms with Crippen LogP contribution in [0.1, 0.15) is 333 Å². The predicted octanol–water partition coefficient (Wildman–Crippen LogP) is 22.8. The fourth-order valence-corrected chi connectivity index (χ4v) is 33.9. The van der Waals surface area contributed by atoms with E-state index >= 15 is 0 Å². The third-order valence-corrected chi connectivity index (χ3v) is 42.5. The third-order valence-electron chi connectivity index (χ3n) is 38.2. The first-order valence-corrected chi connectivity index (χ1v) is 53.4. The molecule has 18 rings (SSSR count). The number of sulfone groups is 2. The number of ether oxygens (including phenoxy) is 1. The summed E-state index contributed by atoms with van der Waals surface area (Å²) in [5.74, 6) is 9.04. The molecule has 9 saturated carbocycles. The number of aliphatic hydroxyl groups excluding tert-OH is 3. The Morgan fingerprint density at radius 1 is 0.438 bits per heavy atom. The van der Waals surface area contributed by atoms with Crippen molar-refractivity contribution in [3.63, 3.8) is 0 Å². The monoisotopic (exact) mass is 1800 g/mol. The minimum atomic E-state index is -3.66. The van der Waals surface area contributed by atoms with E-state index in [9.17, 15) is 42.4 Å². The van der Waals surface area contributed by atoms with E-state index in [2.05, 4.69) is 139 Å². The van der Waals surface area contributed by atoms with E-state index in [4.69, 9.17) is 9.84 Å². The van der Waals surface area contributed by atoms with Crippen LogP contribution in [0.3, 0.4) is 0 Å². The van der Waals surface area contributed by atoms with Crippen LogP contribution in [0.5, 0.6) is 0 Å². The normalized spacial score (nSPS) is 37.5. The fraction of sp³-hybridized carbons (Fsp3) is 0.673. The zero-order chi connectivity index (χ0) is 90.6. The van der Waals surface area contributed by atoms with Gasteiger partial charge in [-0.1, -0.05) is 259 Å². The molecule has 128 heavy (non-hydrogen) atoms. The van der Waals surface area contributed by atoms with E-state index < -0.39 is 47.8 Å². The number of benzene rings is 5. The molecule has 28 atom stereocenters. The van der Waals surface area contributed by atoms with Gasteiger partial charge in [0.25, 0.3) is 0 Å². The van der Waals surface area contributed by atoms with Crippen molar-refractivity contribution in [1.82, 2.24) is 0 Å². The Hall–Kier alpha value is -3.70. The summed E-state index contributed by atoms with van der Waals surface area (Å²) in [6, 6.07) is 47.9. The van der Waals surface area contributed by atoms with Gasteiger partial charge >= 0.3 is 41.9 Å². The van der Waals surface area contributed by atoms with Crippen molar-refractivity contribution < 1.29 is 73.9 Å². The number of allylic oxidation sites excluding steroid dienone is 3. The van der Waals surface area contributed by atoms with Crippen molar-refractivity contribution in [3.8, 4) is 0 Å².